The lowest BCUT2D eigenvalue weighted by atomic mass is 10.2. The van der Waals surface area contributed by atoms with Gasteiger partial charge < -0.3 is 47.1 Å². The van der Waals surface area contributed by atoms with E-state index in [0.717, 1.165) is 43.4 Å². The zero-order chi connectivity index (χ0) is 15.6. The molecule has 1 fully saturated rings. The van der Waals surface area contributed by atoms with Gasteiger partial charge in [0.25, 0.3) is 0 Å². The second kappa shape index (κ2) is 10.2. The van der Waals surface area contributed by atoms with E-state index in [1.807, 2.05) is 24.4 Å². The predicted molar refractivity (Wildman–Crippen MR) is 95.0 cm³/mol. The zero-order valence-electron chi connectivity index (χ0n) is 14.0. The van der Waals surface area contributed by atoms with E-state index in [9.17, 15) is 0 Å². The minimum absolute atomic E-state index is 0. The fraction of sp³-hybridized carbons (Fsp3) is 0.278. The topological polar surface area (TPSA) is 35.2 Å². The Balaban J connectivity index is 0.00000113. The van der Waals surface area contributed by atoms with Gasteiger partial charge in [-0.1, -0.05) is 11.6 Å². The number of piperazine rings is 1. The Morgan fingerprint density at radius 1 is 0.962 bits per heavy atom. The molecule has 1 saturated heterocycles. The summed E-state index contributed by atoms with van der Waals surface area (Å²) in [7, 11) is 0. The summed E-state index contributed by atoms with van der Waals surface area (Å²) in [6.07, 6.45) is 3.91. The van der Waals surface area contributed by atoms with Crippen LogP contribution in [-0.4, -0.2) is 41.0 Å². The van der Waals surface area contributed by atoms with E-state index in [2.05, 4.69) is 44.2 Å². The Hall–Kier alpha value is -1.17. The first-order valence-corrected chi connectivity index (χ1v) is 8.31. The molecule has 4 rings (SSSR count). The molecule has 1 N–H and O–H groups in total. The van der Waals surface area contributed by atoms with E-state index in [1.54, 1.807) is 0 Å². The Morgan fingerprint density at radius 3 is 2.35 bits per heavy atom. The van der Waals surface area contributed by atoms with E-state index < -0.39 is 0 Å². The number of pyridine rings is 1. The minimum atomic E-state index is 0. The van der Waals surface area contributed by atoms with Gasteiger partial charge in [-0.2, -0.15) is 0 Å². The number of anilines is 1. The third kappa shape index (κ3) is 4.96. The van der Waals surface area contributed by atoms with E-state index >= 15 is 0 Å². The summed E-state index contributed by atoms with van der Waals surface area (Å²) in [5, 5.41) is 2.02. The van der Waals surface area contributed by atoms with Crippen LogP contribution < -0.4 is 42.1 Å². The number of nitrogens with one attached hydrogen (secondary N) is 1. The molecule has 2 aromatic heterocycles. The van der Waals surface area contributed by atoms with Crippen molar-refractivity contribution < 1.29 is 37.2 Å². The number of fused-ring (bicyclic) bond motifs is 1. The Morgan fingerprint density at radius 2 is 1.65 bits per heavy atom. The molecule has 0 atom stereocenters. The van der Waals surface area contributed by atoms with Gasteiger partial charge in [0.2, 0.25) is 0 Å². The molecule has 0 aliphatic carbocycles. The van der Waals surface area contributed by atoms with Crippen LogP contribution in [0.1, 0.15) is 5.56 Å². The maximum Gasteiger partial charge on any atom is 0.137 e. The van der Waals surface area contributed by atoms with Gasteiger partial charge in [0.1, 0.15) is 5.65 Å². The average molecular weight is 433 g/mol. The van der Waals surface area contributed by atoms with E-state index in [4.69, 9.17) is 11.6 Å². The summed E-state index contributed by atoms with van der Waals surface area (Å²) >= 11 is 5.97. The number of rotatable bonds is 3. The molecule has 0 spiro atoms. The van der Waals surface area contributed by atoms with Gasteiger partial charge in [0, 0.05) is 61.2 Å². The minimum Gasteiger partial charge on any atom is -1.00 e. The van der Waals surface area contributed by atoms with Gasteiger partial charge in [-0.15, -0.1) is 0 Å². The van der Waals surface area contributed by atoms with Crippen molar-refractivity contribution in [3.8, 4) is 0 Å². The molecule has 3 heterocycles. The van der Waals surface area contributed by atoms with Crippen molar-refractivity contribution in [2.24, 2.45) is 0 Å². The maximum absolute atomic E-state index is 5.97. The highest BCUT2D eigenvalue weighted by Crippen LogP contribution is 2.21. The molecule has 0 unspecified atom stereocenters. The number of hydrogen-bond acceptors (Lipinski definition) is 3. The molecule has 142 valence electrons. The van der Waals surface area contributed by atoms with Crippen LogP contribution in [0.2, 0.25) is 5.02 Å². The highest BCUT2D eigenvalue weighted by Gasteiger charge is 2.18. The molecule has 0 amide bonds. The van der Waals surface area contributed by atoms with Gasteiger partial charge in [-0.05, 0) is 42.0 Å². The van der Waals surface area contributed by atoms with Crippen molar-refractivity contribution in [1.29, 1.82) is 0 Å². The first-order chi connectivity index (χ1) is 11.3. The molecule has 1 aliphatic rings. The number of halogens is 4. The number of hydrogen-bond donors (Lipinski definition) is 1. The van der Waals surface area contributed by atoms with Crippen molar-refractivity contribution in [3.05, 3.63) is 59.4 Å². The SMILES string of the molecule is Clc1ccc(N2CCN(Cc3c[nH]c4ncccc34)CC2)cc1.[Cl-].[Cl-].[Cl-]. The van der Waals surface area contributed by atoms with E-state index in [1.165, 1.54) is 16.6 Å². The Kier molecular flexibility index (Phi) is 9.01. The van der Waals surface area contributed by atoms with Crippen molar-refractivity contribution in [2.75, 3.05) is 31.1 Å². The number of aromatic amines is 1. The second-order valence-corrected chi connectivity index (χ2v) is 6.39. The normalized spacial score (nSPS) is 14.3. The lowest BCUT2D eigenvalue weighted by Gasteiger charge is -2.36. The van der Waals surface area contributed by atoms with Crippen LogP contribution in [0.25, 0.3) is 11.0 Å². The molecule has 0 radical (unpaired) electrons. The number of aromatic nitrogens is 2. The summed E-state index contributed by atoms with van der Waals surface area (Å²) < 4.78 is 0. The summed E-state index contributed by atoms with van der Waals surface area (Å²) in [5.41, 5.74) is 3.56. The van der Waals surface area contributed by atoms with Gasteiger partial charge in [-0.25, -0.2) is 4.98 Å². The van der Waals surface area contributed by atoms with Crippen molar-refractivity contribution >= 4 is 28.3 Å². The standard InChI is InChI=1S/C18H19ClN4.3ClH/c19-15-3-5-16(6-4-15)23-10-8-22(9-11-23)13-14-12-21-18-17(14)2-1-7-20-18;;;/h1-7,12H,8-11,13H2,(H,20,21);3*1H/p-3. The number of H-pyrrole nitrogens is 1. The third-order valence-corrected chi connectivity index (χ3v) is 4.75. The monoisotopic (exact) mass is 431 g/mol. The molecule has 26 heavy (non-hydrogen) atoms. The van der Waals surface area contributed by atoms with Crippen LogP contribution in [-0.2, 0) is 6.54 Å². The quantitative estimate of drug-likeness (QED) is 0.448. The Bertz CT molecular complexity index is 798. The van der Waals surface area contributed by atoms with Crippen LogP contribution in [0, 0.1) is 0 Å². The number of nitrogens with zero attached hydrogens (tertiary/aromatic N) is 3. The van der Waals surface area contributed by atoms with Crippen LogP contribution in [0.3, 0.4) is 0 Å². The van der Waals surface area contributed by atoms with E-state index in [-0.39, 0.29) is 37.2 Å². The highest BCUT2D eigenvalue weighted by atomic mass is 35.5. The molecule has 4 nitrogen and oxygen atoms in total. The molecule has 3 aromatic rings. The third-order valence-electron chi connectivity index (χ3n) is 4.49. The van der Waals surface area contributed by atoms with Crippen LogP contribution in [0.4, 0.5) is 5.69 Å². The van der Waals surface area contributed by atoms with Gasteiger partial charge in [0.05, 0.1) is 0 Å². The zero-order valence-corrected chi connectivity index (χ0v) is 17.0. The predicted octanol–water partition coefficient (Wildman–Crippen LogP) is -5.45. The van der Waals surface area contributed by atoms with Gasteiger partial charge in [0.15, 0.2) is 0 Å². The first-order valence-electron chi connectivity index (χ1n) is 7.93. The largest absolute Gasteiger partial charge is 1.00 e. The van der Waals surface area contributed by atoms with Crippen LogP contribution in [0.15, 0.2) is 48.8 Å². The molecular formula is C18H19Cl4N4-3. The molecule has 1 aliphatic heterocycles. The lowest BCUT2D eigenvalue weighted by Crippen LogP contribution is -3.00. The fourth-order valence-electron chi connectivity index (χ4n) is 3.20. The lowest BCUT2D eigenvalue weighted by molar-refractivity contribution is -0.00100. The average Bonchev–Trinajstić information content (AvgIpc) is 3.00. The number of benzene rings is 1. The highest BCUT2D eigenvalue weighted by molar-refractivity contribution is 6.30. The molecule has 8 heteroatoms. The van der Waals surface area contributed by atoms with Crippen molar-refractivity contribution in [1.82, 2.24) is 14.9 Å². The molecule has 1 aromatic carbocycles. The summed E-state index contributed by atoms with van der Waals surface area (Å²) in [5.74, 6) is 0. The second-order valence-electron chi connectivity index (χ2n) is 5.95. The smallest absolute Gasteiger partial charge is 0.137 e. The maximum atomic E-state index is 5.97. The van der Waals surface area contributed by atoms with E-state index in [0.29, 0.717) is 0 Å². The van der Waals surface area contributed by atoms with Crippen molar-refractivity contribution in [2.45, 2.75) is 6.54 Å². The summed E-state index contributed by atoms with van der Waals surface area (Å²) in [6.45, 7) is 5.19. The van der Waals surface area contributed by atoms with Crippen molar-refractivity contribution in [3.63, 3.8) is 0 Å². The van der Waals surface area contributed by atoms with Crippen LogP contribution >= 0.6 is 11.6 Å². The summed E-state index contributed by atoms with van der Waals surface area (Å²) in [6, 6.07) is 12.3. The molecular weight excluding hydrogens is 414 g/mol. The molecule has 0 bridgehead atoms. The summed E-state index contributed by atoms with van der Waals surface area (Å²) in [4.78, 5) is 12.5. The van der Waals surface area contributed by atoms with Gasteiger partial charge in [-0.3, -0.25) is 4.90 Å². The fourth-order valence-corrected chi connectivity index (χ4v) is 3.33. The van der Waals surface area contributed by atoms with Crippen LogP contribution in [0.5, 0.6) is 0 Å². The molecule has 0 saturated carbocycles. The Labute approximate surface area is 177 Å². The first kappa shape index (κ1) is 22.9. The van der Waals surface area contributed by atoms with Gasteiger partial charge >= 0.3 is 0 Å².